The monoisotopic (exact) mass is 327 g/mol. The third-order valence-electron chi connectivity index (χ3n) is 3.57. The highest BCUT2D eigenvalue weighted by atomic mass is 16.5. The molecule has 0 saturated heterocycles. The Morgan fingerprint density at radius 1 is 1.00 bits per heavy atom. The van der Waals surface area contributed by atoms with Crippen LogP contribution in [0.4, 0.5) is 5.69 Å². The third kappa shape index (κ3) is 5.61. The van der Waals surface area contributed by atoms with Crippen molar-refractivity contribution in [1.29, 1.82) is 0 Å². The minimum absolute atomic E-state index is 0.152. The highest BCUT2D eigenvalue weighted by Crippen LogP contribution is 2.18. The zero-order valence-electron chi connectivity index (χ0n) is 14.3. The quantitative estimate of drug-likeness (QED) is 0.681. The lowest BCUT2D eigenvalue weighted by Crippen LogP contribution is -2.32. The molecule has 0 aromatic heterocycles. The molecule has 2 aromatic carbocycles. The number of carbonyl (C=O) groups excluding carboxylic acids is 1. The number of carbonyl (C=O) groups is 1. The molecule has 0 aliphatic heterocycles. The van der Waals surface area contributed by atoms with E-state index in [1.807, 2.05) is 61.5 Å². The number of amides is 1. The number of para-hydroxylation sites is 1. The van der Waals surface area contributed by atoms with Crippen molar-refractivity contribution in [1.82, 2.24) is 0 Å². The average Bonchev–Trinajstić information content (AvgIpc) is 2.62. The SMILES string of the molecule is CCCCOc1ccc(NC(=O)[C@@H](CC)Oc2ccccc2)cc1. The fourth-order valence-corrected chi connectivity index (χ4v) is 2.18. The van der Waals surface area contributed by atoms with E-state index < -0.39 is 6.10 Å². The summed E-state index contributed by atoms with van der Waals surface area (Å²) in [7, 11) is 0. The van der Waals surface area contributed by atoms with E-state index in [1.165, 1.54) is 0 Å². The van der Waals surface area contributed by atoms with E-state index >= 15 is 0 Å². The van der Waals surface area contributed by atoms with E-state index in [9.17, 15) is 4.79 Å². The van der Waals surface area contributed by atoms with E-state index in [0.717, 1.165) is 24.3 Å². The second-order valence-corrected chi connectivity index (χ2v) is 5.54. The smallest absolute Gasteiger partial charge is 0.265 e. The van der Waals surface area contributed by atoms with Gasteiger partial charge in [-0.15, -0.1) is 0 Å². The lowest BCUT2D eigenvalue weighted by atomic mass is 10.2. The van der Waals surface area contributed by atoms with Crippen LogP contribution in [0.25, 0.3) is 0 Å². The van der Waals surface area contributed by atoms with Crippen LogP contribution in [0.5, 0.6) is 11.5 Å². The summed E-state index contributed by atoms with van der Waals surface area (Å²) in [6.07, 6.45) is 2.22. The van der Waals surface area contributed by atoms with Crippen LogP contribution in [0.2, 0.25) is 0 Å². The van der Waals surface area contributed by atoms with Crippen LogP contribution in [-0.2, 0) is 4.79 Å². The number of nitrogens with one attached hydrogen (secondary N) is 1. The molecular weight excluding hydrogens is 302 g/mol. The summed E-state index contributed by atoms with van der Waals surface area (Å²) in [5.41, 5.74) is 0.734. The Hall–Kier alpha value is -2.49. The van der Waals surface area contributed by atoms with Gasteiger partial charge in [-0.05, 0) is 49.2 Å². The predicted molar refractivity (Wildman–Crippen MR) is 96.6 cm³/mol. The number of rotatable bonds is 9. The molecule has 2 rings (SSSR count). The van der Waals surface area contributed by atoms with E-state index in [-0.39, 0.29) is 5.91 Å². The van der Waals surface area contributed by atoms with E-state index in [0.29, 0.717) is 18.8 Å². The van der Waals surface area contributed by atoms with Crippen LogP contribution in [0.15, 0.2) is 54.6 Å². The summed E-state index contributed by atoms with van der Waals surface area (Å²) >= 11 is 0. The standard InChI is InChI=1S/C20H25NO3/c1-3-5-15-23-17-13-11-16(12-14-17)21-20(22)19(4-2)24-18-9-7-6-8-10-18/h6-14,19H,3-5,15H2,1-2H3,(H,21,22)/t19-/m1/s1. The number of benzene rings is 2. The van der Waals surface area contributed by atoms with Gasteiger partial charge in [0.25, 0.3) is 5.91 Å². The van der Waals surface area contributed by atoms with E-state index in [2.05, 4.69) is 12.2 Å². The van der Waals surface area contributed by atoms with E-state index in [4.69, 9.17) is 9.47 Å². The fourth-order valence-electron chi connectivity index (χ4n) is 2.18. The molecule has 1 atom stereocenters. The second-order valence-electron chi connectivity index (χ2n) is 5.54. The van der Waals surface area contributed by atoms with Gasteiger partial charge in [-0.2, -0.15) is 0 Å². The van der Waals surface area contributed by atoms with Gasteiger partial charge in [0.15, 0.2) is 6.10 Å². The van der Waals surface area contributed by atoms with Gasteiger partial charge in [-0.3, -0.25) is 4.79 Å². The number of hydrogen-bond acceptors (Lipinski definition) is 3. The summed E-state index contributed by atoms with van der Waals surface area (Å²) in [6, 6.07) is 16.8. The Labute approximate surface area is 143 Å². The van der Waals surface area contributed by atoms with Crippen LogP contribution in [0, 0.1) is 0 Å². The molecule has 0 unspecified atom stereocenters. The molecule has 1 amide bonds. The molecule has 0 aliphatic rings. The Balaban J connectivity index is 1.90. The molecular formula is C20H25NO3. The minimum Gasteiger partial charge on any atom is -0.494 e. The maximum atomic E-state index is 12.4. The van der Waals surface area contributed by atoms with Gasteiger partial charge >= 0.3 is 0 Å². The van der Waals surface area contributed by atoms with Crippen LogP contribution in [0.3, 0.4) is 0 Å². The van der Waals surface area contributed by atoms with Gasteiger partial charge in [-0.1, -0.05) is 38.5 Å². The van der Waals surface area contributed by atoms with Gasteiger partial charge in [0.05, 0.1) is 6.61 Å². The molecule has 128 valence electrons. The van der Waals surface area contributed by atoms with Crippen molar-refractivity contribution in [3.63, 3.8) is 0 Å². The molecule has 0 saturated carbocycles. The maximum absolute atomic E-state index is 12.4. The summed E-state index contributed by atoms with van der Waals surface area (Å²) in [5.74, 6) is 1.36. The molecule has 0 radical (unpaired) electrons. The lowest BCUT2D eigenvalue weighted by Gasteiger charge is -2.17. The summed E-state index contributed by atoms with van der Waals surface area (Å²) in [5, 5.41) is 2.89. The number of anilines is 1. The van der Waals surface area contributed by atoms with Gasteiger partial charge in [0.1, 0.15) is 11.5 Å². The number of unbranched alkanes of at least 4 members (excludes halogenated alkanes) is 1. The average molecular weight is 327 g/mol. The zero-order chi connectivity index (χ0) is 17.2. The third-order valence-corrected chi connectivity index (χ3v) is 3.57. The van der Waals surface area contributed by atoms with Crippen LogP contribution in [-0.4, -0.2) is 18.6 Å². The first-order chi connectivity index (χ1) is 11.7. The van der Waals surface area contributed by atoms with Gasteiger partial charge in [-0.25, -0.2) is 0 Å². The molecule has 24 heavy (non-hydrogen) atoms. The first kappa shape index (κ1) is 17.9. The molecule has 0 aliphatic carbocycles. The highest BCUT2D eigenvalue weighted by Gasteiger charge is 2.18. The normalized spacial score (nSPS) is 11.6. The minimum atomic E-state index is -0.520. The molecule has 2 aromatic rings. The zero-order valence-corrected chi connectivity index (χ0v) is 14.3. The largest absolute Gasteiger partial charge is 0.494 e. The van der Waals surface area contributed by atoms with Crippen molar-refractivity contribution in [3.05, 3.63) is 54.6 Å². The molecule has 0 fully saturated rings. The van der Waals surface area contributed by atoms with Crippen molar-refractivity contribution in [2.24, 2.45) is 0 Å². The molecule has 0 heterocycles. The predicted octanol–water partition coefficient (Wildman–Crippen LogP) is 4.66. The Morgan fingerprint density at radius 2 is 1.71 bits per heavy atom. The van der Waals surface area contributed by atoms with Crippen LogP contribution < -0.4 is 14.8 Å². The second kappa shape index (κ2) is 9.60. The van der Waals surface area contributed by atoms with Gasteiger partial charge in [0.2, 0.25) is 0 Å². The maximum Gasteiger partial charge on any atom is 0.265 e. The summed E-state index contributed by atoms with van der Waals surface area (Å²) < 4.78 is 11.4. The summed E-state index contributed by atoms with van der Waals surface area (Å²) in [6.45, 7) is 4.77. The fraction of sp³-hybridized carbons (Fsp3) is 0.350. The number of hydrogen-bond donors (Lipinski definition) is 1. The Morgan fingerprint density at radius 3 is 2.33 bits per heavy atom. The van der Waals surface area contributed by atoms with E-state index in [1.54, 1.807) is 0 Å². The Bertz CT molecular complexity index is 611. The van der Waals surface area contributed by atoms with Crippen LogP contribution in [0.1, 0.15) is 33.1 Å². The molecule has 0 bridgehead atoms. The lowest BCUT2D eigenvalue weighted by molar-refractivity contribution is -0.122. The molecule has 0 spiro atoms. The number of ether oxygens (including phenoxy) is 2. The van der Waals surface area contributed by atoms with Gasteiger partial charge < -0.3 is 14.8 Å². The molecule has 4 nitrogen and oxygen atoms in total. The van der Waals surface area contributed by atoms with Crippen molar-refractivity contribution < 1.29 is 14.3 Å². The first-order valence-electron chi connectivity index (χ1n) is 8.48. The van der Waals surface area contributed by atoms with Crippen molar-refractivity contribution >= 4 is 11.6 Å². The first-order valence-corrected chi connectivity index (χ1v) is 8.48. The van der Waals surface area contributed by atoms with Crippen molar-refractivity contribution in [2.75, 3.05) is 11.9 Å². The highest BCUT2D eigenvalue weighted by molar-refractivity contribution is 5.94. The van der Waals surface area contributed by atoms with Crippen molar-refractivity contribution in [2.45, 2.75) is 39.2 Å². The Kier molecular flexibility index (Phi) is 7.15. The molecule has 4 heteroatoms. The topological polar surface area (TPSA) is 47.6 Å². The molecule has 1 N–H and O–H groups in total. The van der Waals surface area contributed by atoms with Gasteiger partial charge in [0, 0.05) is 5.69 Å². The van der Waals surface area contributed by atoms with Crippen molar-refractivity contribution in [3.8, 4) is 11.5 Å². The van der Waals surface area contributed by atoms with Crippen LogP contribution >= 0.6 is 0 Å². The summed E-state index contributed by atoms with van der Waals surface area (Å²) in [4.78, 5) is 12.4.